The first-order chi connectivity index (χ1) is 16.7. The first-order valence-corrected chi connectivity index (χ1v) is 12.7. The first kappa shape index (κ1) is 24.9. The zero-order valence-corrected chi connectivity index (χ0v) is 21.6. The van der Waals surface area contributed by atoms with Crippen LogP contribution in [-0.2, 0) is 28.6 Å². The quantitative estimate of drug-likeness (QED) is 0.528. The van der Waals surface area contributed by atoms with Gasteiger partial charge in [-0.25, -0.2) is 0 Å². The summed E-state index contributed by atoms with van der Waals surface area (Å²) in [7, 11) is 1.83. The van der Waals surface area contributed by atoms with Gasteiger partial charge in [0.05, 0.1) is 36.1 Å². The van der Waals surface area contributed by atoms with Gasteiger partial charge in [-0.15, -0.1) is 11.8 Å². The summed E-state index contributed by atoms with van der Waals surface area (Å²) < 4.78 is 12.6. The van der Waals surface area contributed by atoms with Crippen LogP contribution < -0.4 is 15.0 Å². The SMILES string of the molecule is CCOc1ccc(C2SCC(=O)N(CC(=O)NCc3ccco3)c3c2c(C(C)(C)C)nn3C)cc1. The van der Waals surface area contributed by atoms with Crippen LogP contribution in [0.25, 0.3) is 0 Å². The number of hydrogen-bond acceptors (Lipinski definition) is 6. The van der Waals surface area contributed by atoms with E-state index in [0.717, 1.165) is 22.6 Å². The lowest BCUT2D eigenvalue weighted by atomic mass is 9.87. The van der Waals surface area contributed by atoms with E-state index in [4.69, 9.17) is 14.3 Å². The van der Waals surface area contributed by atoms with Crippen LogP contribution in [-0.4, -0.2) is 40.5 Å². The number of aryl methyl sites for hydroxylation is 1. The molecule has 0 saturated carbocycles. The minimum absolute atomic E-state index is 0.0911. The molecule has 1 atom stereocenters. The second-order valence-corrected chi connectivity index (χ2v) is 10.6. The van der Waals surface area contributed by atoms with Crippen molar-refractivity contribution in [1.82, 2.24) is 15.1 Å². The summed E-state index contributed by atoms with van der Waals surface area (Å²) >= 11 is 1.56. The fourth-order valence-corrected chi connectivity index (χ4v) is 5.41. The number of thioether (sulfide) groups is 1. The number of anilines is 1. The molecular weight excluding hydrogens is 464 g/mol. The van der Waals surface area contributed by atoms with Crippen LogP contribution in [0.5, 0.6) is 5.75 Å². The third-order valence-corrected chi connectivity index (χ3v) is 7.05. The largest absolute Gasteiger partial charge is 0.494 e. The molecule has 0 aliphatic carbocycles. The van der Waals surface area contributed by atoms with E-state index in [0.29, 0.717) is 18.2 Å². The number of benzene rings is 1. The van der Waals surface area contributed by atoms with Gasteiger partial charge < -0.3 is 14.5 Å². The monoisotopic (exact) mass is 496 g/mol. The van der Waals surface area contributed by atoms with E-state index in [1.54, 1.807) is 39.7 Å². The highest BCUT2D eigenvalue weighted by molar-refractivity contribution is 8.00. The third kappa shape index (κ3) is 5.40. The van der Waals surface area contributed by atoms with Crippen molar-refractivity contribution in [3.8, 4) is 5.75 Å². The highest BCUT2D eigenvalue weighted by Crippen LogP contribution is 2.47. The molecule has 8 nitrogen and oxygen atoms in total. The molecule has 9 heteroatoms. The molecule has 0 fully saturated rings. The van der Waals surface area contributed by atoms with Gasteiger partial charge in [0.2, 0.25) is 11.8 Å². The van der Waals surface area contributed by atoms with E-state index in [-0.39, 0.29) is 41.3 Å². The second kappa shape index (κ2) is 10.2. The molecule has 1 N–H and O–H groups in total. The number of nitrogens with zero attached hydrogens (tertiary/aromatic N) is 3. The van der Waals surface area contributed by atoms with Crippen molar-refractivity contribution in [3.05, 3.63) is 65.2 Å². The van der Waals surface area contributed by atoms with Crippen LogP contribution >= 0.6 is 11.8 Å². The lowest BCUT2D eigenvalue weighted by Crippen LogP contribution is -2.42. The van der Waals surface area contributed by atoms with Crippen molar-refractivity contribution in [2.75, 3.05) is 23.8 Å². The molecule has 35 heavy (non-hydrogen) atoms. The summed E-state index contributed by atoms with van der Waals surface area (Å²) in [6, 6.07) is 11.6. The average molecular weight is 497 g/mol. The molecule has 2 aromatic heterocycles. The zero-order valence-electron chi connectivity index (χ0n) is 20.8. The number of aromatic nitrogens is 2. The van der Waals surface area contributed by atoms with Crippen LogP contribution in [0.2, 0.25) is 0 Å². The Morgan fingerprint density at radius 2 is 2.00 bits per heavy atom. The number of ether oxygens (including phenoxy) is 1. The molecule has 186 valence electrons. The average Bonchev–Trinajstić information content (AvgIpc) is 3.42. The Morgan fingerprint density at radius 3 is 2.63 bits per heavy atom. The maximum absolute atomic E-state index is 13.3. The third-order valence-electron chi connectivity index (χ3n) is 5.79. The maximum Gasteiger partial charge on any atom is 0.240 e. The van der Waals surface area contributed by atoms with Gasteiger partial charge in [0.25, 0.3) is 0 Å². The van der Waals surface area contributed by atoms with Gasteiger partial charge in [-0.1, -0.05) is 32.9 Å². The molecule has 2 amide bonds. The predicted octanol–water partition coefficient (Wildman–Crippen LogP) is 4.19. The Hall–Kier alpha value is -3.20. The molecule has 4 rings (SSSR count). The Balaban J connectivity index is 1.71. The molecule has 1 aliphatic rings. The number of hydrogen-bond donors (Lipinski definition) is 1. The normalized spacial score (nSPS) is 16.1. The van der Waals surface area contributed by atoms with Gasteiger partial charge in [0.15, 0.2) is 0 Å². The van der Waals surface area contributed by atoms with Gasteiger partial charge >= 0.3 is 0 Å². The Kier molecular flexibility index (Phi) is 7.25. The van der Waals surface area contributed by atoms with Crippen molar-refractivity contribution in [3.63, 3.8) is 0 Å². The smallest absolute Gasteiger partial charge is 0.240 e. The van der Waals surface area contributed by atoms with Crippen molar-refractivity contribution in [2.45, 2.75) is 44.9 Å². The number of carbonyl (C=O) groups excluding carboxylic acids is 2. The molecule has 0 bridgehead atoms. The van der Waals surface area contributed by atoms with Gasteiger partial charge in [-0.05, 0) is 36.8 Å². The van der Waals surface area contributed by atoms with E-state index in [1.165, 1.54) is 0 Å². The van der Waals surface area contributed by atoms with Crippen LogP contribution in [0.15, 0.2) is 47.1 Å². The second-order valence-electron chi connectivity index (χ2n) is 9.49. The highest BCUT2D eigenvalue weighted by Gasteiger charge is 2.38. The van der Waals surface area contributed by atoms with Crippen LogP contribution in [0.4, 0.5) is 5.82 Å². The summed E-state index contributed by atoms with van der Waals surface area (Å²) in [4.78, 5) is 27.7. The number of nitrogens with one attached hydrogen (secondary N) is 1. The zero-order chi connectivity index (χ0) is 25.2. The van der Waals surface area contributed by atoms with Crippen LogP contribution in [0.3, 0.4) is 0 Å². The van der Waals surface area contributed by atoms with Crippen molar-refractivity contribution >= 4 is 29.4 Å². The summed E-state index contributed by atoms with van der Waals surface area (Å²) in [5.74, 6) is 2.00. The molecule has 0 radical (unpaired) electrons. The number of fused-ring (bicyclic) bond motifs is 1. The first-order valence-electron chi connectivity index (χ1n) is 11.7. The molecule has 1 unspecified atom stereocenters. The lowest BCUT2D eigenvalue weighted by molar-refractivity contribution is -0.123. The van der Waals surface area contributed by atoms with E-state index in [2.05, 4.69) is 26.1 Å². The van der Waals surface area contributed by atoms with Gasteiger partial charge in [-0.2, -0.15) is 5.10 Å². The van der Waals surface area contributed by atoms with Crippen LogP contribution in [0.1, 0.15) is 55.5 Å². The Bertz CT molecular complexity index is 1180. The molecular formula is C26H32N4O4S. The number of amides is 2. The minimum atomic E-state index is -0.260. The summed E-state index contributed by atoms with van der Waals surface area (Å²) in [6.45, 7) is 9.07. The summed E-state index contributed by atoms with van der Waals surface area (Å²) in [6.07, 6.45) is 1.56. The molecule has 1 aliphatic heterocycles. The van der Waals surface area contributed by atoms with Crippen molar-refractivity contribution in [1.29, 1.82) is 0 Å². The summed E-state index contributed by atoms with van der Waals surface area (Å²) in [5, 5.41) is 7.58. The fraction of sp³-hybridized carbons (Fsp3) is 0.423. The molecule has 3 aromatic rings. The Labute approximate surface area is 210 Å². The highest BCUT2D eigenvalue weighted by atomic mass is 32.2. The number of rotatable bonds is 7. The van der Waals surface area contributed by atoms with Crippen molar-refractivity contribution in [2.24, 2.45) is 7.05 Å². The standard InChI is InChI=1S/C26H32N4O4S/c1-6-33-18-11-9-17(10-12-18)23-22-24(26(2,3)4)28-29(5)25(22)30(21(32)16-35-23)15-20(31)27-14-19-8-7-13-34-19/h7-13,23H,6,14-16H2,1-5H3,(H,27,31). The fourth-order valence-electron chi connectivity index (χ4n) is 4.21. The lowest BCUT2D eigenvalue weighted by Gasteiger charge is -2.24. The van der Waals surface area contributed by atoms with Gasteiger partial charge in [-0.3, -0.25) is 19.2 Å². The molecule has 0 saturated heterocycles. The number of carbonyl (C=O) groups is 2. The number of furan rings is 1. The van der Waals surface area contributed by atoms with Gasteiger partial charge in [0.1, 0.15) is 23.9 Å². The molecule has 0 spiro atoms. The van der Waals surface area contributed by atoms with Gasteiger partial charge in [0, 0.05) is 18.0 Å². The molecule has 1 aromatic carbocycles. The van der Waals surface area contributed by atoms with E-state index >= 15 is 0 Å². The minimum Gasteiger partial charge on any atom is -0.494 e. The predicted molar refractivity (Wildman–Crippen MR) is 137 cm³/mol. The maximum atomic E-state index is 13.3. The van der Waals surface area contributed by atoms with E-state index in [9.17, 15) is 9.59 Å². The van der Waals surface area contributed by atoms with Crippen molar-refractivity contribution < 1.29 is 18.7 Å². The molecule has 3 heterocycles. The topological polar surface area (TPSA) is 89.6 Å². The Morgan fingerprint density at radius 1 is 1.26 bits per heavy atom. The van der Waals surface area contributed by atoms with E-state index < -0.39 is 0 Å². The van der Waals surface area contributed by atoms with Crippen LogP contribution in [0, 0.1) is 0 Å². The van der Waals surface area contributed by atoms with E-state index in [1.807, 2.05) is 38.2 Å². The summed E-state index contributed by atoms with van der Waals surface area (Å²) in [5.41, 5.74) is 2.70.